The molecule has 2 fully saturated rings. The zero-order chi connectivity index (χ0) is 15.3. The van der Waals surface area contributed by atoms with Gasteiger partial charge < -0.3 is 0 Å². The van der Waals surface area contributed by atoms with Gasteiger partial charge >= 0.3 is 0 Å². The summed E-state index contributed by atoms with van der Waals surface area (Å²) in [5.41, 5.74) is 0.537. The van der Waals surface area contributed by atoms with Crippen molar-refractivity contribution < 1.29 is 8.78 Å². The molecule has 0 aliphatic carbocycles. The minimum absolute atomic E-state index is 0.111. The maximum absolute atomic E-state index is 13.9. The molecule has 5 heteroatoms. The Balaban J connectivity index is 1.86. The molecule has 3 nitrogen and oxygen atoms in total. The Bertz CT molecular complexity index is 590. The minimum Gasteiger partial charge on any atom is -0.293 e. The highest BCUT2D eigenvalue weighted by molar-refractivity contribution is 5.31. The lowest BCUT2D eigenvalue weighted by atomic mass is 9.81. The van der Waals surface area contributed by atoms with Crippen LogP contribution in [0.4, 0.5) is 8.78 Å². The molecule has 3 atom stereocenters. The molecule has 0 unspecified atom stereocenters. The molecule has 21 heavy (non-hydrogen) atoms. The summed E-state index contributed by atoms with van der Waals surface area (Å²) in [5.74, 6) is -2.67. The van der Waals surface area contributed by atoms with Gasteiger partial charge in [-0.05, 0) is 37.8 Å². The van der Waals surface area contributed by atoms with Gasteiger partial charge in [-0.15, -0.1) is 0 Å². The van der Waals surface area contributed by atoms with Crippen LogP contribution in [0.5, 0.6) is 0 Å². The molecular weight excluding hydrogens is 272 g/mol. The predicted octanol–water partition coefficient (Wildman–Crippen LogP) is 3.52. The number of alkyl halides is 2. The topological polar surface area (TPSA) is 39.9 Å². The SMILES string of the molecule is CC(F)(F)[C@]1(C)C[C@H]2CC[C@@H](c3cncc(C#N)c3)N2C1. The summed E-state index contributed by atoms with van der Waals surface area (Å²) in [7, 11) is 0. The first-order valence-electron chi connectivity index (χ1n) is 7.33. The van der Waals surface area contributed by atoms with Crippen LogP contribution < -0.4 is 0 Å². The number of pyridine rings is 1. The molecule has 0 spiro atoms. The first-order valence-corrected chi connectivity index (χ1v) is 7.33. The quantitative estimate of drug-likeness (QED) is 0.837. The molecule has 0 N–H and O–H groups in total. The number of hydrogen-bond acceptors (Lipinski definition) is 3. The van der Waals surface area contributed by atoms with Crippen LogP contribution in [0.3, 0.4) is 0 Å². The van der Waals surface area contributed by atoms with Gasteiger partial charge in [0.2, 0.25) is 0 Å². The summed E-state index contributed by atoms with van der Waals surface area (Å²) >= 11 is 0. The van der Waals surface area contributed by atoms with Gasteiger partial charge in [0.1, 0.15) is 6.07 Å². The standard InChI is InChI=1S/C16H19F2N3/c1-15(16(2,17)18)6-13-3-4-14(21(13)10-15)12-5-11(7-19)8-20-9-12/h5,8-9,13-14H,3-4,6,10H2,1-2H3/t13-,14+,15-/m1/s1. The normalized spacial score (nSPS) is 32.9. The summed E-state index contributed by atoms with van der Waals surface area (Å²) in [6, 6.07) is 4.25. The Kier molecular flexibility index (Phi) is 3.25. The smallest absolute Gasteiger partial charge is 0.251 e. The lowest BCUT2D eigenvalue weighted by Crippen LogP contribution is -2.39. The van der Waals surface area contributed by atoms with E-state index in [-0.39, 0.29) is 12.1 Å². The zero-order valence-electron chi connectivity index (χ0n) is 12.3. The lowest BCUT2D eigenvalue weighted by Gasteiger charge is -2.32. The predicted molar refractivity (Wildman–Crippen MR) is 74.8 cm³/mol. The zero-order valence-corrected chi connectivity index (χ0v) is 12.3. The Hall–Kier alpha value is -1.54. The minimum atomic E-state index is -2.67. The molecule has 2 aliphatic heterocycles. The van der Waals surface area contributed by atoms with E-state index in [1.807, 2.05) is 6.07 Å². The molecular formula is C16H19F2N3. The second-order valence-corrected chi connectivity index (χ2v) is 6.69. The number of fused-ring (bicyclic) bond motifs is 1. The van der Waals surface area contributed by atoms with Gasteiger partial charge in [0.05, 0.1) is 5.56 Å². The maximum atomic E-state index is 13.9. The van der Waals surface area contributed by atoms with Crippen molar-refractivity contribution in [2.75, 3.05) is 6.54 Å². The van der Waals surface area contributed by atoms with E-state index < -0.39 is 11.3 Å². The summed E-state index contributed by atoms with van der Waals surface area (Å²) in [5, 5.41) is 8.98. The Morgan fingerprint density at radius 3 is 2.86 bits per heavy atom. The summed E-state index contributed by atoms with van der Waals surface area (Å²) in [6.45, 7) is 3.12. The van der Waals surface area contributed by atoms with Crippen LogP contribution in [0.2, 0.25) is 0 Å². The third-order valence-electron chi connectivity index (χ3n) is 5.19. The van der Waals surface area contributed by atoms with Gasteiger partial charge in [-0.3, -0.25) is 9.88 Å². The van der Waals surface area contributed by atoms with Crippen LogP contribution in [0, 0.1) is 16.7 Å². The fourth-order valence-corrected chi connectivity index (χ4v) is 3.76. The van der Waals surface area contributed by atoms with Crippen molar-refractivity contribution in [3.63, 3.8) is 0 Å². The molecule has 2 saturated heterocycles. The van der Waals surface area contributed by atoms with Gasteiger partial charge in [-0.25, -0.2) is 8.78 Å². The van der Waals surface area contributed by atoms with Crippen LogP contribution in [-0.4, -0.2) is 28.4 Å². The van der Waals surface area contributed by atoms with Crippen molar-refractivity contribution >= 4 is 0 Å². The Labute approximate surface area is 123 Å². The third kappa shape index (κ3) is 2.32. The molecule has 0 aromatic carbocycles. The summed E-state index contributed by atoms with van der Waals surface area (Å²) < 4.78 is 27.8. The average molecular weight is 291 g/mol. The van der Waals surface area contributed by atoms with Gasteiger partial charge in [0.25, 0.3) is 5.92 Å². The van der Waals surface area contributed by atoms with Crippen LogP contribution in [0.15, 0.2) is 18.5 Å². The molecule has 0 radical (unpaired) electrons. The van der Waals surface area contributed by atoms with Crippen LogP contribution in [0.25, 0.3) is 0 Å². The van der Waals surface area contributed by atoms with E-state index >= 15 is 0 Å². The molecule has 0 saturated carbocycles. The van der Waals surface area contributed by atoms with Gasteiger partial charge in [-0.2, -0.15) is 5.26 Å². The van der Waals surface area contributed by atoms with Gasteiger partial charge in [-0.1, -0.05) is 6.92 Å². The van der Waals surface area contributed by atoms with Gasteiger partial charge in [0.15, 0.2) is 0 Å². The first-order chi connectivity index (χ1) is 9.84. The summed E-state index contributed by atoms with van der Waals surface area (Å²) in [4.78, 5) is 6.29. The van der Waals surface area contributed by atoms with Crippen molar-refractivity contribution in [3.8, 4) is 6.07 Å². The highest BCUT2D eigenvalue weighted by atomic mass is 19.3. The molecule has 1 aromatic heterocycles. The van der Waals surface area contributed by atoms with E-state index in [1.165, 1.54) is 6.20 Å². The summed E-state index contributed by atoms with van der Waals surface area (Å²) in [6.07, 6.45) is 5.72. The van der Waals surface area contributed by atoms with Gasteiger partial charge in [0, 0.05) is 36.4 Å². The number of nitrogens with zero attached hydrogens (tertiary/aromatic N) is 3. The largest absolute Gasteiger partial charge is 0.293 e. The highest BCUT2D eigenvalue weighted by Crippen LogP contribution is 2.53. The first kappa shape index (κ1) is 14.4. The van der Waals surface area contributed by atoms with E-state index in [2.05, 4.69) is 16.0 Å². The van der Waals surface area contributed by atoms with E-state index in [9.17, 15) is 8.78 Å². The van der Waals surface area contributed by atoms with Crippen molar-refractivity contribution in [2.45, 2.75) is 51.1 Å². The molecule has 3 heterocycles. The highest BCUT2D eigenvalue weighted by Gasteiger charge is 2.56. The van der Waals surface area contributed by atoms with Crippen molar-refractivity contribution in [1.82, 2.24) is 9.88 Å². The van der Waals surface area contributed by atoms with Crippen LogP contribution in [0.1, 0.15) is 50.3 Å². The van der Waals surface area contributed by atoms with E-state index in [0.717, 1.165) is 25.3 Å². The molecule has 3 rings (SSSR count). The van der Waals surface area contributed by atoms with Crippen molar-refractivity contribution in [1.29, 1.82) is 5.26 Å². The van der Waals surface area contributed by atoms with E-state index in [4.69, 9.17) is 5.26 Å². The number of aromatic nitrogens is 1. The molecule has 0 bridgehead atoms. The number of nitriles is 1. The maximum Gasteiger partial charge on any atom is 0.251 e. The Morgan fingerprint density at radius 2 is 2.19 bits per heavy atom. The number of rotatable bonds is 2. The van der Waals surface area contributed by atoms with Crippen LogP contribution >= 0.6 is 0 Å². The Morgan fingerprint density at radius 1 is 1.43 bits per heavy atom. The number of hydrogen-bond donors (Lipinski definition) is 0. The molecule has 1 aromatic rings. The second-order valence-electron chi connectivity index (χ2n) is 6.69. The fraction of sp³-hybridized carbons (Fsp3) is 0.625. The molecule has 2 aliphatic rings. The van der Waals surface area contributed by atoms with Crippen molar-refractivity contribution in [2.24, 2.45) is 5.41 Å². The lowest BCUT2D eigenvalue weighted by molar-refractivity contribution is -0.0935. The molecule has 0 amide bonds. The van der Waals surface area contributed by atoms with E-state index in [1.54, 1.807) is 13.1 Å². The fourth-order valence-electron chi connectivity index (χ4n) is 3.76. The number of halogens is 2. The monoisotopic (exact) mass is 291 g/mol. The second kappa shape index (κ2) is 4.74. The van der Waals surface area contributed by atoms with E-state index in [0.29, 0.717) is 18.5 Å². The molecule has 112 valence electrons. The average Bonchev–Trinajstić information content (AvgIpc) is 2.95. The van der Waals surface area contributed by atoms with Crippen molar-refractivity contribution in [3.05, 3.63) is 29.6 Å². The van der Waals surface area contributed by atoms with Crippen LogP contribution in [-0.2, 0) is 0 Å². The third-order valence-corrected chi connectivity index (χ3v) is 5.19.